The molecule has 6 rings (SSSR count). The molecule has 0 radical (unpaired) electrons. The van der Waals surface area contributed by atoms with Crippen molar-refractivity contribution in [3.63, 3.8) is 0 Å². The van der Waals surface area contributed by atoms with E-state index in [0.29, 0.717) is 41.9 Å². The monoisotopic (exact) mass is 665 g/mol. The molecule has 1 aliphatic heterocycles. The summed E-state index contributed by atoms with van der Waals surface area (Å²) >= 11 is 0. The van der Waals surface area contributed by atoms with Gasteiger partial charge in [-0.3, -0.25) is 4.79 Å². The van der Waals surface area contributed by atoms with Gasteiger partial charge >= 0.3 is 0 Å². The zero-order chi connectivity index (χ0) is 34.3. The van der Waals surface area contributed by atoms with Gasteiger partial charge in [0.05, 0.1) is 38.9 Å². The third kappa shape index (κ3) is 7.86. The van der Waals surface area contributed by atoms with E-state index in [9.17, 15) is 4.79 Å². The Kier molecular flexibility index (Phi) is 10.7. The van der Waals surface area contributed by atoms with Crippen molar-refractivity contribution in [2.75, 3.05) is 59.9 Å². The van der Waals surface area contributed by atoms with E-state index in [1.165, 1.54) is 5.56 Å². The Balaban J connectivity index is 1.08. The van der Waals surface area contributed by atoms with Crippen molar-refractivity contribution in [2.24, 2.45) is 0 Å². The first-order valence-electron chi connectivity index (χ1n) is 17.0. The molecular formula is C39H47N5O5. The number of aryl methyl sites for hydroxylation is 1. The first-order valence-corrected chi connectivity index (χ1v) is 17.0. The second kappa shape index (κ2) is 15.5. The predicted molar refractivity (Wildman–Crippen MR) is 192 cm³/mol. The van der Waals surface area contributed by atoms with Crippen LogP contribution in [0.15, 0.2) is 83.3 Å². The molecule has 0 spiro atoms. The van der Waals surface area contributed by atoms with Gasteiger partial charge in [-0.05, 0) is 74.7 Å². The normalized spacial score (nSPS) is 14.5. The molecule has 49 heavy (non-hydrogen) atoms. The van der Waals surface area contributed by atoms with Gasteiger partial charge in [-0.15, -0.1) is 0 Å². The van der Waals surface area contributed by atoms with Crippen LogP contribution in [0.3, 0.4) is 0 Å². The Morgan fingerprint density at radius 3 is 2.31 bits per heavy atom. The van der Waals surface area contributed by atoms with E-state index in [4.69, 9.17) is 23.6 Å². The molecule has 0 aliphatic carbocycles. The van der Waals surface area contributed by atoms with Crippen molar-refractivity contribution >= 4 is 22.9 Å². The summed E-state index contributed by atoms with van der Waals surface area (Å²) < 4.78 is 24.6. The molecule has 5 aromatic rings. The number of anilines is 1. The van der Waals surface area contributed by atoms with Gasteiger partial charge in [0.1, 0.15) is 11.5 Å². The average molecular weight is 666 g/mol. The van der Waals surface area contributed by atoms with Crippen LogP contribution in [0.4, 0.5) is 5.95 Å². The van der Waals surface area contributed by atoms with Crippen LogP contribution in [0, 0.1) is 6.92 Å². The number of carbonyl (C=O) groups is 1. The molecule has 10 nitrogen and oxygen atoms in total. The summed E-state index contributed by atoms with van der Waals surface area (Å²) in [6.07, 6.45) is 2.99. The number of benzene rings is 3. The number of nitrogens with one attached hydrogen (secondary N) is 1. The molecule has 0 bridgehead atoms. The first kappa shape index (κ1) is 33.9. The Hall–Kier alpha value is -4.96. The van der Waals surface area contributed by atoms with Crippen LogP contribution in [0.5, 0.6) is 17.2 Å². The number of aromatic nitrogens is 2. The summed E-state index contributed by atoms with van der Waals surface area (Å²) in [6, 6.07) is 26.6. The second-order valence-corrected chi connectivity index (χ2v) is 12.8. The van der Waals surface area contributed by atoms with Crippen LogP contribution in [-0.2, 0) is 6.54 Å². The van der Waals surface area contributed by atoms with Crippen molar-refractivity contribution in [2.45, 2.75) is 44.7 Å². The minimum atomic E-state index is -0.0970. The summed E-state index contributed by atoms with van der Waals surface area (Å²) in [5, 5.41) is 3.77. The fourth-order valence-electron chi connectivity index (χ4n) is 6.82. The fourth-order valence-corrected chi connectivity index (χ4v) is 6.82. The summed E-state index contributed by atoms with van der Waals surface area (Å²) in [5.74, 6) is 4.18. The molecule has 1 fully saturated rings. The molecule has 1 amide bonds. The number of nitrogens with zero attached hydrogens (tertiary/aromatic N) is 4. The number of likely N-dealkylation sites (tertiary alicyclic amines) is 1. The molecule has 1 N–H and O–H groups in total. The van der Waals surface area contributed by atoms with Gasteiger partial charge in [0, 0.05) is 44.2 Å². The maximum atomic E-state index is 13.7. The van der Waals surface area contributed by atoms with Gasteiger partial charge in [-0.1, -0.05) is 42.5 Å². The van der Waals surface area contributed by atoms with Gasteiger partial charge in [0.25, 0.3) is 5.91 Å². The van der Waals surface area contributed by atoms with E-state index in [1.54, 1.807) is 38.4 Å². The maximum Gasteiger partial charge on any atom is 0.253 e. The van der Waals surface area contributed by atoms with E-state index in [0.717, 1.165) is 67.4 Å². The number of imidazole rings is 1. The molecule has 3 heterocycles. The van der Waals surface area contributed by atoms with E-state index in [1.807, 2.05) is 38.2 Å². The third-order valence-corrected chi connectivity index (χ3v) is 9.50. The largest absolute Gasteiger partial charge is 0.493 e. The number of para-hydroxylation sites is 2. The van der Waals surface area contributed by atoms with Gasteiger partial charge in [0.15, 0.2) is 11.5 Å². The number of ether oxygens (including phenoxy) is 3. The van der Waals surface area contributed by atoms with Crippen molar-refractivity contribution in [3.8, 4) is 17.2 Å². The van der Waals surface area contributed by atoms with E-state index < -0.39 is 0 Å². The molecular weight excluding hydrogens is 618 g/mol. The summed E-state index contributed by atoms with van der Waals surface area (Å²) in [7, 11) is 6.52. The van der Waals surface area contributed by atoms with Crippen molar-refractivity contribution in [1.82, 2.24) is 19.4 Å². The lowest BCUT2D eigenvalue weighted by Crippen LogP contribution is -2.40. The predicted octanol–water partition coefficient (Wildman–Crippen LogP) is 6.83. The third-order valence-electron chi connectivity index (χ3n) is 9.50. The molecule has 258 valence electrons. The van der Waals surface area contributed by atoms with Gasteiger partial charge in [-0.25, -0.2) is 4.98 Å². The highest BCUT2D eigenvalue weighted by Gasteiger charge is 2.25. The second-order valence-electron chi connectivity index (χ2n) is 12.8. The molecule has 1 aliphatic rings. The van der Waals surface area contributed by atoms with Crippen LogP contribution in [0.25, 0.3) is 11.0 Å². The zero-order valence-corrected chi connectivity index (χ0v) is 29.1. The number of amides is 1. The quantitative estimate of drug-likeness (QED) is 0.138. The zero-order valence-electron chi connectivity index (χ0n) is 29.1. The topological polar surface area (TPSA) is 94.2 Å². The molecule has 10 heteroatoms. The Bertz CT molecular complexity index is 1820. The number of methoxy groups -OCH3 is 3. The van der Waals surface area contributed by atoms with Crippen molar-refractivity contribution in [1.29, 1.82) is 0 Å². The Labute approximate surface area is 288 Å². The number of hydrogen-bond donors (Lipinski definition) is 1. The smallest absolute Gasteiger partial charge is 0.253 e. The number of piperidine rings is 1. The highest BCUT2D eigenvalue weighted by molar-refractivity contribution is 5.95. The van der Waals surface area contributed by atoms with Crippen LogP contribution in [0.2, 0.25) is 0 Å². The van der Waals surface area contributed by atoms with Gasteiger partial charge in [0.2, 0.25) is 11.7 Å². The highest BCUT2D eigenvalue weighted by atomic mass is 16.5. The number of fused-ring (bicyclic) bond motifs is 1. The van der Waals surface area contributed by atoms with Crippen molar-refractivity contribution < 1.29 is 23.4 Å². The number of likely N-dealkylation sites (N-methyl/N-ethyl adjacent to an activating group) is 1. The SMILES string of the molecule is COc1cc(C(=O)N(C)CC(CCN2CCC(Nc3nc4ccccc4n3Cc3ccc(C)o3)CC2)c2ccccc2)cc(OC)c1OC. The highest BCUT2D eigenvalue weighted by Crippen LogP contribution is 2.38. The lowest BCUT2D eigenvalue weighted by Gasteiger charge is -2.34. The molecule has 1 unspecified atom stereocenters. The van der Waals surface area contributed by atoms with Crippen molar-refractivity contribution in [3.05, 3.63) is 102 Å². The molecule has 0 saturated carbocycles. The lowest BCUT2D eigenvalue weighted by molar-refractivity contribution is 0.0781. The summed E-state index contributed by atoms with van der Waals surface area (Å²) in [6.45, 7) is 6.14. The van der Waals surface area contributed by atoms with Gasteiger partial charge in [-0.2, -0.15) is 0 Å². The van der Waals surface area contributed by atoms with Crippen LogP contribution < -0.4 is 19.5 Å². The summed E-state index contributed by atoms with van der Waals surface area (Å²) in [5.41, 5.74) is 3.80. The number of furan rings is 1. The fraction of sp³-hybridized carbons (Fsp3) is 0.385. The molecule has 3 aromatic carbocycles. The Morgan fingerprint density at radius 2 is 1.65 bits per heavy atom. The Morgan fingerprint density at radius 1 is 0.959 bits per heavy atom. The number of carbonyl (C=O) groups excluding carboxylic acids is 1. The maximum absolute atomic E-state index is 13.7. The standard InChI is InChI=1S/C39H47N5O5/c1-27-15-16-32(49-27)26-44-34-14-10-9-13-33(34)41-39(44)40-31-18-21-43(22-19-31)20-17-29(28-11-7-6-8-12-28)25-42(2)38(45)30-23-35(46-3)37(48-5)36(24-30)47-4/h6-16,23-24,29,31H,17-22,25-26H2,1-5H3,(H,40,41). The summed E-state index contributed by atoms with van der Waals surface area (Å²) in [4.78, 5) is 23.0. The lowest BCUT2D eigenvalue weighted by atomic mass is 9.94. The minimum absolute atomic E-state index is 0.0970. The van der Waals surface area contributed by atoms with E-state index in [-0.39, 0.29) is 11.8 Å². The average Bonchev–Trinajstić information content (AvgIpc) is 3.71. The number of hydrogen-bond acceptors (Lipinski definition) is 8. The minimum Gasteiger partial charge on any atom is -0.493 e. The molecule has 1 atom stereocenters. The van der Waals surface area contributed by atoms with E-state index >= 15 is 0 Å². The van der Waals surface area contributed by atoms with Crippen LogP contribution >= 0.6 is 0 Å². The van der Waals surface area contributed by atoms with E-state index in [2.05, 4.69) is 57.2 Å². The number of rotatable bonds is 14. The van der Waals surface area contributed by atoms with Crippen LogP contribution in [0.1, 0.15) is 52.6 Å². The molecule has 1 saturated heterocycles. The van der Waals surface area contributed by atoms with Gasteiger partial charge < -0.3 is 38.3 Å². The van der Waals surface area contributed by atoms with Crippen LogP contribution in [-0.4, -0.2) is 85.9 Å². The first-order chi connectivity index (χ1) is 23.9. The molecule has 2 aromatic heterocycles.